The van der Waals surface area contributed by atoms with E-state index >= 15 is 0 Å². The van der Waals surface area contributed by atoms with E-state index in [1.54, 1.807) is 54.6 Å². The molecule has 1 aliphatic rings. The first-order valence-electron chi connectivity index (χ1n) is 11.2. The molecule has 0 amide bonds. The van der Waals surface area contributed by atoms with Crippen LogP contribution in [-0.2, 0) is 21.2 Å². The number of benzene rings is 3. The van der Waals surface area contributed by atoms with Gasteiger partial charge in [0.2, 0.25) is 15.9 Å². The van der Waals surface area contributed by atoms with Gasteiger partial charge in [-0.05, 0) is 35.4 Å². The maximum Gasteiger partial charge on any atom is 0.352 e. The number of rotatable bonds is 7. The van der Waals surface area contributed by atoms with Crippen molar-refractivity contribution in [1.29, 1.82) is 0 Å². The zero-order valence-corrected chi connectivity index (χ0v) is 21.2. The van der Waals surface area contributed by atoms with Gasteiger partial charge >= 0.3 is 5.97 Å². The van der Waals surface area contributed by atoms with Gasteiger partial charge in [0.05, 0.1) is 10.6 Å². The zero-order valence-electron chi connectivity index (χ0n) is 19.6. The number of hydrogen-bond acceptors (Lipinski definition) is 7. The van der Waals surface area contributed by atoms with Crippen LogP contribution in [0.25, 0.3) is 22.4 Å². The minimum atomic E-state index is -3.87. The highest BCUT2D eigenvalue weighted by atomic mass is 32.2. The summed E-state index contributed by atoms with van der Waals surface area (Å²) >= 11 is 1.13. The number of aliphatic carboxylic acids is 1. The van der Waals surface area contributed by atoms with E-state index in [0.717, 1.165) is 11.8 Å². The number of nitrogens with one attached hydrogen (secondary N) is 1. The number of primary sulfonamides is 1. The molecule has 9 nitrogen and oxygen atoms in total. The average Bonchev–Trinajstić information content (AvgIpc) is 3.50. The van der Waals surface area contributed by atoms with Gasteiger partial charge in [0.15, 0.2) is 5.50 Å². The molecule has 0 bridgehead atoms. The molecule has 1 unspecified atom stereocenters. The lowest BCUT2D eigenvalue weighted by Crippen LogP contribution is -2.23. The summed E-state index contributed by atoms with van der Waals surface area (Å²) in [7, 11) is -3.87. The van der Waals surface area contributed by atoms with Crippen molar-refractivity contribution >= 4 is 27.8 Å². The summed E-state index contributed by atoms with van der Waals surface area (Å²) in [4.78, 5) is 11.3. The van der Waals surface area contributed by atoms with Crippen molar-refractivity contribution in [2.75, 3.05) is 0 Å². The van der Waals surface area contributed by atoms with Crippen molar-refractivity contribution < 1.29 is 27.8 Å². The van der Waals surface area contributed by atoms with Crippen LogP contribution in [0.15, 0.2) is 88.8 Å². The van der Waals surface area contributed by atoms with Crippen molar-refractivity contribution in [3.8, 4) is 28.3 Å². The summed E-state index contributed by atoms with van der Waals surface area (Å²) in [6, 6.07) is 19.4. The second-order valence-corrected chi connectivity index (χ2v) is 11.0. The third-order valence-electron chi connectivity index (χ3n) is 5.98. The number of carboxylic acid groups (broad SMARTS) is 1. The van der Waals surface area contributed by atoms with Crippen molar-refractivity contribution in [3.63, 3.8) is 0 Å². The highest BCUT2D eigenvalue weighted by Gasteiger charge is 2.29. The number of nitrogens with two attached hydrogens (primary N) is 1. The molecule has 0 saturated carbocycles. The fourth-order valence-electron chi connectivity index (χ4n) is 4.11. The molecule has 38 heavy (non-hydrogen) atoms. The van der Waals surface area contributed by atoms with Gasteiger partial charge in [-0.15, -0.1) is 0 Å². The quantitative estimate of drug-likeness (QED) is 0.269. The summed E-state index contributed by atoms with van der Waals surface area (Å²) in [6.07, 6.45) is 0.173. The van der Waals surface area contributed by atoms with Crippen molar-refractivity contribution in [2.24, 2.45) is 5.14 Å². The van der Waals surface area contributed by atoms with Crippen molar-refractivity contribution in [1.82, 2.24) is 15.1 Å². The molecule has 0 aliphatic carbocycles. The van der Waals surface area contributed by atoms with Crippen LogP contribution in [0, 0.1) is 5.82 Å². The summed E-state index contributed by atoms with van der Waals surface area (Å²) in [5, 5.41) is 34.6. The predicted octanol–water partition coefficient (Wildman–Crippen LogP) is 4.02. The number of aromatic nitrogens is 2. The van der Waals surface area contributed by atoms with Crippen LogP contribution in [0.3, 0.4) is 0 Å². The van der Waals surface area contributed by atoms with Crippen molar-refractivity contribution in [3.05, 3.63) is 101 Å². The Hall–Kier alpha value is -4.13. The van der Waals surface area contributed by atoms with E-state index < -0.39 is 21.5 Å². The number of carbonyl (C=O) groups is 1. The second-order valence-electron chi connectivity index (χ2n) is 8.49. The Balaban J connectivity index is 1.58. The third kappa shape index (κ3) is 5.01. The van der Waals surface area contributed by atoms with E-state index in [1.165, 1.54) is 28.3 Å². The van der Waals surface area contributed by atoms with E-state index in [2.05, 4.69) is 10.4 Å². The SMILES string of the molecule is NS(=O)(=O)c1ccc(Cc2c(-c3cccc(-c4ccccc4F)c3)nn(C3NC(C(=O)O)=CS3)c2O)cc1. The van der Waals surface area contributed by atoms with Gasteiger partial charge in [0.25, 0.3) is 0 Å². The Morgan fingerprint density at radius 1 is 1.08 bits per heavy atom. The summed E-state index contributed by atoms with van der Waals surface area (Å²) in [5.41, 5.74) is 2.38. The standard InChI is InChI=1S/C26H21FN4O5S2/c27-21-7-2-1-6-19(21)16-4-3-5-17(13-16)23-20(12-15-8-10-18(11-9-15)38(28,35)36)24(32)31(30-23)26-29-22(14-37-26)25(33)34/h1-11,13-14,26,29,32H,12H2,(H,33,34)(H2,28,35,36). The van der Waals surface area contributed by atoms with Crippen LogP contribution in [0.4, 0.5) is 4.39 Å². The third-order valence-corrected chi connectivity index (χ3v) is 7.86. The molecule has 0 saturated heterocycles. The number of aromatic hydroxyl groups is 1. The molecule has 3 aromatic carbocycles. The van der Waals surface area contributed by atoms with E-state index in [1.807, 2.05) is 0 Å². The minimum absolute atomic E-state index is 0.0295. The first-order chi connectivity index (χ1) is 18.1. The maximum absolute atomic E-state index is 14.5. The van der Waals surface area contributed by atoms with Gasteiger partial charge in [-0.3, -0.25) is 0 Å². The largest absolute Gasteiger partial charge is 0.493 e. The van der Waals surface area contributed by atoms with Gasteiger partial charge in [-0.2, -0.15) is 9.78 Å². The predicted molar refractivity (Wildman–Crippen MR) is 141 cm³/mol. The van der Waals surface area contributed by atoms with Gasteiger partial charge in [-0.25, -0.2) is 22.7 Å². The van der Waals surface area contributed by atoms with Gasteiger partial charge < -0.3 is 15.5 Å². The van der Waals surface area contributed by atoms with E-state index in [-0.39, 0.29) is 28.7 Å². The van der Waals surface area contributed by atoms with E-state index in [0.29, 0.717) is 33.5 Å². The lowest BCUT2D eigenvalue weighted by Gasteiger charge is -2.13. The Morgan fingerprint density at radius 3 is 2.45 bits per heavy atom. The number of thioether (sulfide) groups is 1. The van der Waals surface area contributed by atoms with Crippen LogP contribution in [0.2, 0.25) is 0 Å². The first-order valence-corrected chi connectivity index (χ1v) is 13.7. The molecular weight excluding hydrogens is 531 g/mol. The van der Waals surface area contributed by atoms with E-state index in [9.17, 15) is 27.8 Å². The molecule has 4 aromatic rings. The van der Waals surface area contributed by atoms with E-state index in [4.69, 9.17) is 5.14 Å². The molecule has 1 atom stereocenters. The average molecular weight is 553 g/mol. The van der Waals surface area contributed by atoms with Crippen LogP contribution in [0.1, 0.15) is 16.6 Å². The number of hydrogen-bond donors (Lipinski definition) is 4. The molecular formula is C26H21FN4O5S2. The zero-order chi connectivity index (χ0) is 27.0. The molecule has 1 aromatic heterocycles. The summed E-state index contributed by atoms with van der Waals surface area (Å²) in [5.74, 6) is -1.72. The smallest absolute Gasteiger partial charge is 0.352 e. The molecule has 12 heteroatoms. The maximum atomic E-state index is 14.5. The molecule has 0 fully saturated rings. The number of nitrogens with zero attached hydrogens (tertiary/aromatic N) is 2. The normalized spacial score (nSPS) is 15.2. The second kappa shape index (κ2) is 9.97. The molecule has 0 spiro atoms. The molecule has 2 heterocycles. The van der Waals surface area contributed by atoms with Gasteiger partial charge in [-0.1, -0.05) is 60.3 Å². The fraction of sp³-hybridized carbons (Fsp3) is 0.0769. The molecule has 5 rings (SSSR count). The highest BCUT2D eigenvalue weighted by molar-refractivity contribution is 8.02. The Morgan fingerprint density at radius 2 is 1.79 bits per heavy atom. The monoisotopic (exact) mass is 552 g/mol. The molecule has 194 valence electrons. The lowest BCUT2D eigenvalue weighted by atomic mass is 9.97. The van der Waals surface area contributed by atoms with Crippen LogP contribution in [-0.4, -0.2) is 34.4 Å². The Kier molecular flexibility index (Phi) is 6.69. The van der Waals surface area contributed by atoms with Gasteiger partial charge in [0.1, 0.15) is 11.5 Å². The fourth-order valence-corrected chi connectivity index (χ4v) is 5.52. The number of sulfonamides is 1. The molecule has 5 N–H and O–H groups in total. The van der Waals surface area contributed by atoms with Crippen LogP contribution in [0.5, 0.6) is 5.88 Å². The number of halogens is 1. The van der Waals surface area contributed by atoms with Crippen LogP contribution < -0.4 is 10.5 Å². The van der Waals surface area contributed by atoms with Gasteiger partial charge in [0, 0.05) is 28.5 Å². The van der Waals surface area contributed by atoms with Crippen molar-refractivity contribution in [2.45, 2.75) is 16.8 Å². The number of carboxylic acids is 1. The van der Waals surface area contributed by atoms with Crippen LogP contribution >= 0.6 is 11.8 Å². The first kappa shape index (κ1) is 25.5. The lowest BCUT2D eigenvalue weighted by molar-refractivity contribution is -0.133. The topological polar surface area (TPSA) is 148 Å². The highest BCUT2D eigenvalue weighted by Crippen LogP contribution is 2.39. The summed E-state index contributed by atoms with van der Waals surface area (Å²) in [6.45, 7) is 0. The Bertz CT molecular complexity index is 1680. The summed E-state index contributed by atoms with van der Waals surface area (Å²) < 4.78 is 39.0. The Labute approximate surface area is 221 Å². The minimum Gasteiger partial charge on any atom is -0.493 e. The molecule has 0 radical (unpaired) electrons. The molecule has 1 aliphatic heterocycles.